The van der Waals surface area contributed by atoms with Gasteiger partial charge in [-0.05, 0) is 38.0 Å². The maximum atomic E-state index is 11.7. The van der Waals surface area contributed by atoms with E-state index >= 15 is 0 Å². The molecule has 0 N–H and O–H groups in total. The second kappa shape index (κ2) is 6.31. The number of Topliss-reactive ketones (excluding diaryl/α,β-unsaturated/α-hetero) is 1. The first-order valence-corrected chi connectivity index (χ1v) is 6.68. The van der Waals surface area contributed by atoms with E-state index in [1.54, 1.807) is 0 Å². The van der Waals surface area contributed by atoms with Crippen molar-refractivity contribution in [2.75, 3.05) is 13.2 Å². The third kappa shape index (κ3) is 3.39. The van der Waals surface area contributed by atoms with Gasteiger partial charge in [0, 0.05) is 12.3 Å². The Morgan fingerprint density at radius 2 is 2.06 bits per heavy atom. The summed E-state index contributed by atoms with van der Waals surface area (Å²) in [5.41, 5.74) is 0. The maximum absolute atomic E-state index is 11.7. The number of ether oxygens (including phenoxy) is 2. The number of hydrogen-bond donors (Lipinski definition) is 0. The van der Waals surface area contributed by atoms with E-state index in [0.29, 0.717) is 11.7 Å². The summed E-state index contributed by atoms with van der Waals surface area (Å²) in [5, 5.41) is 0. The lowest BCUT2D eigenvalue weighted by molar-refractivity contribution is -0.121. The third-order valence-corrected chi connectivity index (χ3v) is 3.87. The van der Waals surface area contributed by atoms with Crippen molar-refractivity contribution >= 4 is 5.78 Å². The molecule has 1 saturated carbocycles. The highest BCUT2D eigenvalue weighted by atomic mass is 16.7. The number of carbonyl (C=O) groups excluding carboxylic acids is 1. The van der Waals surface area contributed by atoms with Crippen LogP contribution in [-0.4, -0.2) is 25.3 Å². The molecule has 0 aromatic heterocycles. The fraction of sp³-hybridized carbons (Fsp3) is 0.786. The highest BCUT2D eigenvalue weighted by Gasteiger charge is 2.33. The standard InChI is InChI=1S/C14H22O3/c1-2-4-12-11(7-8-13(12)15)5-3-6-14-16-9-10-17-14/h2,11-12,14H,1,3-10H2/t11-,12+/m1/s1. The Balaban J connectivity index is 1.70. The van der Waals surface area contributed by atoms with Crippen LogP contribution >= 0.6 is 0 Å². The molecule has 96 valence electrons. The lowest BCUT2D eigenvalue weighted by Crippen LogP contribution is -2.15. The summed E-state index contributed by atoms with van der Waals surface area (Å²) < 4.78 is 10.8. The largest absolute Gasteiger partial charge is 0.350 e. The molecule has 2 fully saturated rings. The van der Waals surface area contributed by atoms with E-state index in [0.717, 1.165) is 51.7 Å². The van der Waals surface area contributed by atoms with Crippen molar-refractivity contribution in [3.63, 3.8) is 0 Å². The van der Waals surface area contributed by atoms with E-state index < -0.39 is 0 Å². The smallest absolute Gasteiger partial charge is 0.157 e. The Bertz CT molecular complexity index is 269. The van der Waals surface area contributed by atoms with Gasteiger partial charge in [0.15, 0.2) is 6.29 Å². The molecule has 0 bridgehead atoms. The molecule has 3 heteroatoms. The Kier molecular flexibility index (Phi) is 4.75. The van der Waals surface area contributed by atoms with Crippen molar-refractivity contribution in [2.45, 2.75) is 44.8 Å². The van der Waals surface area contributed by atoms with Gasteiger partial charge in [-0.15, -0.1) is 6.58 Å². The fourth-order valence-corrected chi connectivity index (χ4v) is 2.95. The van der Waals surface area contributed by atoms with Crippen molar-refractivity contribution in [3.05, 3.63) is 12.7 Å². The molecular weight excluding hydrogens is 216 g/mol. The molecule has 0 spiro atoms. The first kappa shape index (κ1) is 12.8. The van der Waals surface area contributed by atoms with Gasteiger partial charge in [0.1, 0.15) is 5.78 Å². The lowest BCUT2D eigenvalue weighted by Gasteiger charge is -2.17. The van der Waals surface area contributed by atoms with Crippen molar-refractivity contribution < 1.29 is 14.3 Å². The maximum Gasteiger partial charge on any atom is 0.157 e. The first-order chi connectivity index (χ1) is 8.31. The van der Waals surface area contributed by atoms with Gasteiger partial charge >= 0.3 is 0 Å². The van der Waals surface area contributed by atoms with Crippen LogP contribution in [0.3, 0.4) is 0 Å². The van der Waals surface area contributed by atoms with Crippen LogP contribution in [0, 0.1) is 11.8 Å². The molecule has 2 aliphatic rings. The van der Waals surface area contributed by atoms with Gasteiger partial charge in [-0.25, -0.2) is 0 Å². The molecule has 0 aromatic rings. The van der Waals surface area contributed by atoms with E-state index in [4.69, 9.17) is 9.47 Å². The van der Waals surface area contributed by atoms with Gasteiger partial charge in [0.2, 0.25) is 0 Å². The lowest BCUT2D eigenvalue weighted by atomic mass is 9.88. The Labute approximate surface area is 103 Å². The van der Waals surface area contributed by atoms with Crippen LogP contribution in [0.4, 0.5) is 0 Å². The normalized spacial score (nSPS) is 30.0. The minimum Gasteiger partial charge on any atom is -0.350 e. The molecule has 1 saturated heterocycles. The Morgan fingerprint density at radius 3 is 2.76 bits per heavy atom. The molecule has 0 aromatic carbocycles. The highest BCUT2D eigenvalue weighted by Crippen LogP contribution is 2.35. The first-order valence-electron chi connectivity index (χ1n) is 6.68. The molecule has 0 amide bonds. The average molecular weight is 238 g/mol. The van der Waals surface area contributed by atoms with Gasteiger partial charge in [0.25, 0.3) is 0 Å². The van der Waals surface area contributed by atoms with Gasteiger partial charge in [-0.1, -0.05) is 6.08 Å². The molecule has 1 aliphatic carbocycles. The number of ketones is 1. The van der Waals surface area contributed by atoms with Crippen LogP contribution in [-0.2, 0) is 14.3 Å². The van der Waals surface area contributed by atoms with Crippen LogP contribution in [0.25, 0.3) is 0 Å². The van der Waals surface area contributed by atoms with Gasteiger partial charge in [0.05, 0.1) is 13.2 Å². The molecule has 2 rings (SSSR count). The molecular formula is C14H22O3. The second-order valence-corrected chi connectivity index (χ2v) is 5.00. The van der Waals surface area contributed by atoms with Gasteiger partial charge in [-0.2, -0.15) is 0 Å². The van der Waals surface area contributed by atoms with Gasteiger partial charge in [-0.3, -0.25) is 4.79 Å². The zero-order valence-corrected chi connectivity index (χ0v) is 10.4. The topological polar surface area (TPSA) is 35.5 Å². The van der Waals surface area contributed by atoms with Crippen molar-refractivity contribution in [3.8, 4) is 0 Å². The monoisotopic (exact) mass is 238 g/mol. The van der Waals surface area contributed by atoms with Crippen molar-refractivity contribution in [1.82, 2.24) is 0 Å². The number of rotatable bonds is 6. The Morgan fingerprint density at radius 1 is 1.29 bits per heavy atom. The molecule has 0 radical (unpaired) electrons. The van der Waals surface area contributed by atoms with E-state index in [9.17, 15) is 4.79 Å². The summed E-state index contributed by atoms with van der Waals surface area (Å²) in [6.07, 6.45) is 7.73. The van der Waals surface area contributed by atoms with E-state index in [2.05, 4.69) is 6.58 Å². The molecule has 3 nitrogen and oxygen atoms in total. The minimum atomic E-state index is 0.00459. The molecule has 1 heterocycles. The SMILES string of the molecule is C=CC[C@@H]1C(=O)CC[C@H]1CCCC1OCCO1. The quantitative estimate of drug-likeness (QED) is 0.667. The zero-order valence-electron chi connectivity index (χ0n) is 10.4. The highest BCUT2D eigenvalue weighted by molar-refractivity contribution is 5.83. The average Bonchev–Trinajstić information content (AvgIpc) is 2.93. The Hall–Kier alpha value is -0.670. The van der Waals surface area contributed by atoms with E-state index in [-0.39, 0.29) is 12.2 Å². The van der Waals surface area contributed by atoms with Crippen LogP contribution in [0.2, 0.25) is 0 Å². The summed E-state index contributed by atoms with van der Waals surface area (Å²) in [6.45, 7) is 5.20. The molecule has 2 atom stereocenters. The minimum absolute atomic E-state index is 0.00459. The third-order valence-electron chi connectivity index (χ3n) is 3.87. The summed E-state index contributed by atoms with van der Waals surface area (Å²) in [5.74, 6) is 1.23. The second-order valence-electron chi connectivity index (χ2n) is 5.00. The van der Waals surface area contributed by atoms with Crippen LogP contribution < -0.4 is 0 Å². The summed E-state index contributed by atoms with van der Waals surface area (Å²) in [4.78, 5) is 11.7. The predicted molar refractivity (Wildman–Crippen MR) is 65.6 cm³/mol. The molecule has 1 aliphatic heterocycles. The molecule has 17 heavy (non-hydrogen) atoms. The van der Waals surface area contributed by atoms with Crippen LogP contribution in [0.15, 0.2) is 12.7 Å². The van der Waals surface area contributed by atoms with Crippen LogP contribution in [0.5, 0.6) is 0 Å². The predicted octanol–water partition coefficient (Wildman–Crippen LogP) is 2.70. The zero-order chi connectivity index (χ0) is 12.1. The summed E-state index contributed by atoms with van der Waals surface area (Å²) in [6, 6.07) is 0. The summed E-state index contributed by atoms with van der Waals surface area (Å²) in [7, 11) is 0. The molecule has 0 unspecified atom stereocenters. The van der Waals surface area contributed by atoms with Gasteiger partial charge < -0.3 is 9.47 Å². The number of allylic oxidation sites excluding steroid dienone is 1. The number of carbonyl (C=O) groups is 1. The van der Waals surface area contributed by atoms with E-state index in [1.165, 1.54) is 0 Å². The number of hydrogen-bond acceptors (Lipinski definition) is 3. The van der Waals surface area contributed by atoms with Crippen molar-refractivity contribution in [1.29, 1.82) is 0 Å². The van der Waals surface area contributed by atoms with Crippen LogP contribution in [0.1, 0.15) is 38.5 Å². The van der Waals surface area contributed by atoms with E-state index in [1.807, 2.05) is 6.08 Å². The summed E-state index contributed by atoms with van der Waals surface area (Å²) >= 11 is 0. The van der Waals surface area contributed by atoms with Crippen molar-refractivity contribution in [2.24, 2.45) is 11.8 Å². The fourth-order valence-electron chi connectivity index (χ4n) is 2.95.